The van der Waals surface area contributed by atoms with Gasteiger partial charge in [-0.15, -0.1) is 0 Å². The van der Waals surface area contributed by atoms with Crippen LogP contribution < -0.4 is 10.2 Å². The van der Waals surface area contributed by atoms with Crippen LogP contribution >= 0.6 is 11.8 Å². The Kier molecular flexibility index (Phi) is 5.41. The van der Waals surface area contributed by atoms with Crippen molar-refractivity contribution in [2.45, 2.75) is 51.6 Å². The van der Waals surface area contributed by atoms with Crippen LogP contribution in [0.3, 0.4) is 0 Å². The molecule has 2 aliphatic rings. The molecule has 4 rings (SSSR count). The van der Waals surface area contributed by atoms with Gasteiger partial charge in [-0.25, -0.2) is 0 Å². The zero-order valence-electron chi connectivity index (χ0n) is 17.1. The van der Waals surface area contributed by atoms with Gasteiger partial charge in [-0.05, 0) is 57.4 Å². The van der Waals surface area contributed by atoms with Crippen LogP contribution in [0, 0.1) is 0 Å². The number of amides is 1. The smallest absolute Gasteiger partial charge is 0.269 e. The summed E-state index contributed by atoms with van der Waals surface area (Å²) >= 11 is 2.02. The maximum absolute atomic E-state index is 12.9. The Morgan fingerprint density at radius 2 is 1.86 bits per heavy atom. The number of thioether (sulfide) groups is 1. The minimum atomic E-state index is -0.214. The Morgan fingerprint density at radius 3 is 2.46 bits per heavy atom. The molecule has 5 nitrogen and oxygen atoms in total. The lowest BCUT2D eigenvalue weighted by Gasteiger charge is -2.28. The van der Waals surface area contributed by atoms with Crippen LogP contribution in [0.2, 0.25) is 0 Å². The van der Waals surface area contributed by atoms with E-state index in [-0.39, 0.29) is 11.4 Å². The highest BCUT2D eigenvalue weighted by Crippen LogP contribution is 2.40. The van der Waals surface area contributed by atoms with Gasteiger partial charge in [-0.3, -0.25) is 9.48 Å². The Hall–Kier alpha value is -1.95. The van der Waals surface area contributed by atoms with Crippen molar-refractivity contribution < 1.29 is 4.79 Å². The van der Waals surface area contributed by atoms with E-state index in [9.17, 15) is 4.79 Å². The number of aromatic nitrogens is 2. The summed E-state index contributed by atoms with van der Waals surface area (Å²) in [6.07, 6.45) is 2.37. The summed E-state index contributed by atoms with van der Waals surface area (Å²) in [6.45, 7) is 9.02. The van der Waals surface area contributed by atoms with E-state index in [2.05, 4.69) is 55.3 Å². The van der Waals surface area contributed by atoms with Gasteiger partial charge in [-0.2, -0.15) is 16.9 Å². The number of rotatable bonds is 5. The molecule has 0 unspecified atom stereocenters. The van der Waals surface area contributed by atoms with Crippen LogP contribution in [0.1, 0.15) is 61.3 Å². The number of nitrogens with one attached hydrogen (secondary N) is 1. The van der Waals surface area contributed by atoms with Crippen LogP contribution in [0.25, 0.3) is 0 Å². The van der Waals surface area contributed by atoms with Crippen LogP contribution in [-0.2, 0) is 12.1 Å². The first-order valence-electron chi connectivity index (χ1n) is 10.2. The predicted molar refractivity (Wildman–Crippen MR) is 116 cm³/mol. The molecule has 1 aliphatic carbocycles. The Morgan fingerprint density at radius 1 is 1.18 bits per heavy atom. The normalized spacial score (nSPS) is 17.6. The maximum atomic E-state index is 12.9. The van der Waals surface area contributed by atoms with Crippen molar-refractivity contribution in [3.63, 3.8) is 0 Å². The van der Waals surface area contributed by atoms with Crippen molar-refractivity contribution >= 4 is 23.4 Å². The zero-order chi connectivity index (χ0) is 19.7. The molecule has 1 saturated heterocycles. The molecule has 2 aromatic rings. The van der Waals surface area contributed by atoms with Gasteiger partial charge in [0.1, 0.15) is 5.69 Å². The molecule has 1 saturated carbocycles. The SMILES string of the molecule is CC(C)(C)n1nc(C2CC2)cc1C(=O)NCc1ccc(N2CCSCC2)cc1. The van der Waals surface area contributed by atoms with Gasteiger partial charge in [-0.1, -0.05) is 12.1 Å². The summed E-state index contributed by atoms with van der Waals surface area (Å²) in [7, 11) is 0. The monoisotopic (exact) mass is 398 g/mol. The molecule has 0 spiro atoms. The quantitative estimate of drug-likeness (QED) is 0.827. The molecule has 150 valence electrons. The first-order valence-corrected chi connectivity index (χ1v) is 11.4. The molecular formula is C22H30N4OS. The van der Waals surface area contributed by atoms with E-state index in [0.717, 1.165) is 24.3 Å². The van der Waals surface area contributed by atoms with Gasteiger partial charge >= 0.3 is 0 Å². The molecule has 6 heteroatoms. The fraction of sp³-hybridized carbons (Fsp3) is 0.545. The zero-order valence-corrected chi connectivity index (χ0v) is 17.9. The lowest BCUT2D eigenvalue weighted by molar-refractivity contribution is 0.0932. The van der Waals surface area contributed by atoms with Crippen molar-refractivity contribution in [3.8, 4) is 0 Å². The molecule has 0 atom stereocenters. The molecule has 1 aliphatic heterocycles. The highest BCUT2D eigenvalue weighted by Gasteiger charge is 2.31. The minimum absolute atomic E-state index is 0.0496. The summed E-state index contributed by atoms with van der Waals surface area (Å²) in [5.41, 5.74) is 3.90. The summed E-state index contributed by atoms with van der Waals surface area (Å²) in [5, 5.41) is 7.81. The Labute approximate surface area is 171 Å². The van der Waals surface area contributed by atoms with Crippen LogP contribution in [0.4, 0.5) is 5.69 Å². The highest BCUT2D eigenvalue weighted by molar-refractivity contribution is 7.99. The van der Waals surface area contributed by atoms with Crippen LogP contribution in [0.5, 0.6) is 0 Å². The second-order valence-corrected chi connectivity index (χ2v) is 9.98. The summed E-state index contributed by atoms with van der Waals surface area (Å²) in [5.74, 6) is 2.88. The number of anilines is 1. The molecule has 2 fully saturated rings. The van der Waals surface area contributed by atoms with Gasteiger partial charge < -0.3 is 10.2 Å². The summed E-state index contributed by atoms with van der Waals surface area (Å²) in [4.78, 5) is 15.3. The molecule has 1 N–H and O–H groups in total. The van der Waals surface area contributed by atoms with Crippen molar-refractivity contribution in [2.75, 3.05) is 29.5 Å². The van der Waals surface area contributed by atoms with E-state index >= 15 is 0 Å². The molecule has 2 heterocycles. The summed E-state index contributed by atoms with van der Waals surface area (Å²) < 4.78 is 1.88. The molecule has 0 bridgehead atoms. The lowest BCUT2D eigenvalue weighted by Crippen LogP contribution is -2.32. The molecule has 1 aromatic carbocycles. The third-order valence-corrected chi connectivity index (χ3v) is 6.30. The Balaban J connectivity index is 1.41. The topological polar surface area (TPSA) is 50.2 Å². The fourth-order valence-electron chi connectivity index (χ4n) is 3.57. The van der Waals surface area contributed by atoms with Crippen molar-refractivity contribution in [3.05, 3.63) is 47.3 Å². The van der Waals surface area contributed by atoms with Gasteiger partial charge in [0, 0.05) is 42.7 Å². The van der Waals surface area contributed by atoms with Crippen molar-refractivity contribution in [1.82, 2.24) is 15.1 Å². The molecule has 1 amide bonds. The molecule has 28 heavy (non-hydrogen) atoms. The number of carbonyl (C=O) groups is 1. The number of carbonyl (C=O) groups excluding carboxylic acids is 1. The van der Waals surface area contributed by atoms with Gasteiger partial charge in [0.15, 0.2) is 0 Å². The van der Waals surface area contributed by atoms with E-state index < -0.39 is 0 Å². The lowest BCUT2D eigenvalue weighted by atomic mass is 10.1. The van der Waals surface area contributed by atoms with Gasteiger partial charge in [0.05, 0.1) is 11.2 Å². The first kappa shape index (κ1) is 19.4. The van der Waals surface area contributed by atoms with E-state index in [1.165, 1.54) is 30.0 Å². The van der Waals surface area contributed by atoms with E-state index in [4.69, 9.17) is 5.10 Å². The number of hydrogen-bond donors (Lipinski definition) is 1. The third-order valence-electron chi connectivity index (χ3n) is 5.36. The second-order valence-electron chi connectivity index (χ2n) is 8.76. The van der Waals surface area contributed by atoms with E-state index in [0.29, 0.717) is 18.2 Å². The van der Waals surface area contributed by atoms with Crippen LogP contribution in [0.15, 0.2) is 30.3 Å². The average Bonchev–Trinajstić information content (AvgIpc) is 3.44. The predicted octanol–water partition coefficient (Wildman–Crippen LogP) is 4.00. The number of nitrogens with zero attached hydrogens (tertiary/aromatic N) is 3. The van der Waals surface area contributed by atoms with E-state index in [1.807, 2.05) is 22.5 Å². The maximum Gasteiger partial charge on any atom is 0.269 e. The third kappa shape index (κ3) is 4.37. The van der Waals surface area contributed by atoms with Gasteiger partial charge in [0.25, 0.3) is 5.91 Å². The largest absolute Gasteiger partial charge is 0.370 e. The number of hydrogen-bond acceptors (Lipinski definition) is 4. The average molecular weight is 399 g/mol. The Bertz CT molecular complexity index is 827. The van der Waals surface area contributed by atoms with Crippen molar-refractivity contribution in [2.24, 2.45) is 0 Å². The first-order chi connectivity index (χ1) is 13.4. The minimum Gasteiger partial charge on any atom is -0.370 e. The van der Waals surface area contributed by atoms with Gasteiger partial charge in [0.2, 0.25) is 0 Å². The fourth-order valence-corrected chi connectivity index (χ4v) is 4.47. The molecular weight excluding hydrogens is 368 g/mol. The van der Waals surface area contributed by atoms with E-state index in [1.54, 1.807) is 0 Å². The second kappa shape index (κ2) is 7.82. The summed E-state index contributed by atoms with van der Waals surface area (Å²) in [6, 6.07) is 10.6. The number of benzene rings is 1. The molecule has 1 aromatic heterocycles. The van der Waals surface area contributed by atoms with Crippen LogP contribution in [-0.4, -0.2) is 40.3 Å². The standard InChI is InChI=1S/C22H30N4OS/c1-22(2,3)26-20(14-19(24-26)17-6-7-17)21(27)23-15-16-4-8-18(9-5-16)25-10-12-28-13-11-25/h4-5,8-9,14,17H,6-7,10-13,15H2,1-3H3,(H,23,27). The highest BCUT2D eigenvalue weighted by atomic mass is 32.2. The molecule has 0 radical (unpaired) electrons. The van der Waals surface area contributed by atoms with Crippen molar-refractivity contribution in [1.29, 1.82) is 0 Å².